The van der Waals surface area contributed by atoms with Gasteiger partial charge in [0.2, 0.25) is 0 Å². The standard InChI is InChI=1S/C16H31F3N4.HI/c1-4-15(8-6-9-15)12-22-14(20-5-2)21-10-7-11-23(3)13-16(17,18)19;/h4-13H2,1-3H3,(H2,20,21,22);1H. The first-order valence-corrected chi connectivity index (χ1v) is 8.58. The zero-order valence-corrected chi connectivity index (χ0v) is 17.3. The van der Waals surface area contributed by atoms with E-state index in [2.05, 4.69) is 22.5 Å². The lowest BCUT2D eigenvalue weighted by Gasteiger charge is -2.40. The van der Waals surface area contributed by atoms with Crippen LogP contribution in [0.5, 0.6) is 0 Å². The third kappa shape index (κ3) is 9.29. The van der Waals surface area contributed by atoms with Gasteiger partial charge in [-0.25, -0.2) is 0 Å². The highest BCUT2D eigenvalue weighted by Crippen LogP contribution is 2.43. The van der Waals surface area contributed by atoms with Crippen molar-refractivity contribution in [2.45, 2.75) is 52.1 Å². The molecule has 1 rings (SSSR count). The molecule has 1 saturated carbocycles. The van der Waals surface area contributed by atoms with Crippen molar-refractivity contribution in [3.8, 4) is 0 Å². The van der Waals surface area contributed by atoms with Gasteiger partial charge in [-0.05, 0) is 51.6 Å². The van der Waals surface area contributed by atoms with Gasteiger partial charge in [-0.15, -0.1) is 24.0 Å². The fourth-order valence-electron chi connectivity index (χ4n) is 2.83. The van der Waals surface area contributed by atoms with E-state index in [0.29, 0.717) is 24.9 Å². The Labute approximate surface area is 161 Å². The minimum absolute atomic E-state index is 0. The first-order valence-electron chi connectivity index (χ1n) is 8.58. The summed E-state index contributed by atoms with van der Waals surface area (Å²) in [5, 5.41) is 6.41. The van der Waals surface area contributed by atoms with Gasteiger partial charge in [0.05, 0.1) is 6.54 Å². The molecule has 24 heavy (non-hydrogen) atoms. The molecule has 0 spiro atoms. The average Bonchev–Trinajstić information content (AvgIpc) is 2.40. The molecule has 0 aromatic carbocycles. The molecule has 0 saturated heterocycles. The molecular weight excluding hydrogens is 432 g/mol. The molecule has 1 fully saturated rings. The zero-order valence-electron chi connectivity index (χ0n) is 15.0. The fraction of sp³-hybridized carbons (Fsp3) is 0.938. The Kier molecular flexibility index (Phi) is 11.3. The van der Waals surface area contributed by atoms with E-state index in [4.69, 9.17) is 0 Å². The molecule has 1 aliphatic rings. The number of rotatable bonds is 9. The molecule has 0 atom stereocenters. The summed E-state index contributed by atoms with van der Waals surface area (Å²) in [6.45, 7) is 5.99. The van der Waals surface area contributed by atoms with Crippen LogP contribution in [-0.4, -0.2) is 56.8 Å². The molecule has 4 nitrogen and oxygen atoms in total. The van der Waals surface area contributed by atoms with E-state index >= 15 is 0 Å². The summed E-state index contributed by atoms with van der Waals surface area (Å²) in [5.74, 6) is 0.769. The van der Waals surface area contributed by atoms with Crippen molar-refractivity contribution in [3.05, 3.63) is 0 Å². The Morgan fingerprint density at radius 3 is 2.33 bits per heavy atom. The molecule has 0 heterocycles. The Morgan fingerprint density at radius 2 is 1.88 bits per heavy atom. The summed E-state index contributed by atoms with van der Waals surface area (Å²) in [6.07, 6.45) is 1.45. The van der Waals surface area contributed by atoms with Gasteiger partial charge in [0.1, 0.15) is 0 Å². The van der Waals surface area contributed by atoms with E-state index in [9.17, 15) is 13.2 Å². The minimum Gasteiger partial charge on any atom is -0.357 e. The van der Waals surface area contributed by atoms with Crippen molar-refractivity contribution in [1.82, 2.24) is 15.5 Å². The second-order valence-corrected chi connectivity index (χ2v) is 6.54. The first-order chi connectivity index (χ1) is 10.8. The monoisotopic (exact) mass is 464 g/mol. The number of aliphatic imine (C=N–C) groups is 1. The minimum atomic E-state index is -4.13. The topological polar surface area (TPSA) is 39.7 Å². The van der Waals surface area contributed by atoms with E-state index in [0.717, 1.165) is 25.5 Å². The summed E-state index contributed by atoms with van der Waals surface area (Å²) in [5.41, 5.74) is 0.370. The number of guanidine groups is 1. The molecule has 1 aliphatic carbocycles. The van der Waals surface area contributed by atoms with Crippen LogP contribution in [0.2, 0.25) is 0 Å². The summed E-state index contributed by atoms with van der Waals surface area (Å²) >= 11 is 0. The van der Waals surface area contributed by atoms with Crippen molar-refractivity contribution >= 4 is 29.9 Å². The van der Waals surface area contributed by atoms with E-state index in [1.807, 2.05) is 6.92 Å². The predicted octanol–water partition coefficient (Wildman–Crippen LogP) is 3.62. The summed E-state index contributed by atoms with van der Waals surface area (Å²) in [7, 11) is 1.49. The van der Waals surface area contributed by atoms with E-state index in [1.54, 1.807) is 0 Å². The lowest BCUT2D eigenvalue weighted by molar-refractivity contribution is -0.143. The Balaban J connectivity index is 0.00000529. The Morgan fingerprint density at radius 1 is 1.21 bits per heavy atom. The summed E-state index contributed by atoms with van der Waals surface area (Å²) in [4.78, 5) is 5.95. The molecule has 0 radical (unpaired) electrons. The highest BCUT2D eigenvalue weighted by Gasteiger charge is 2.34. The van der Waals surface area contributed by atoms with Gasteiger partial charge in [0.25, 0.3) is 0 Å². The quantitative estimate of drug-likeness (QED) is 0.237. The maximum Gasteiger partial charge on any atom is 0.401 e. The lowest BCUT2D eigenvalue weighted by atomic mass is 9.67. The number of halogens is 4. The van der Waals surface area contributed by atoms with Crippen LogP contribution in [0.3, 0.4) is 0 Å². The van der Waals surface area contributed by atoms with Gasteiger partial charge in [-0.1, -0.05) is 13.3 Å². The number of nitrogens with zero attached hydrogens (tertiary/aromatic N) is 2. The zero-order chi connectivity index (χ0) is 17.3. The van der Waals surface area contributed by atoms with Crippen LogP contribution in [0.4, 0.5) is 13.2 Å². The van der Waals surface area contributed by atoms with Crippen molar-refractivity contribution in [3.63, 3.8) is 0 Å². The molecule has 2 N–H and O–H groups in total. The average molecular weight is 464 g/mol. The maximum absolute atomic E-state index is 12.2. The van der Waals surface area contributed by atoms with Gasteiger partial charge in [-0.2, -0.15) is 13.2 Å². The molecule has 0 amide bonds. The maximum atomic E-state index is 12.2. The normalized spacial score (nSPS) is 17.2. The first kappa shape index (κ1) is 23.8. The lowest BCUT2D eigenvalue weighted by Crippen LogP contribution is -2.41. The van der Waals surface area contributed by atoms with Crippen LogP contribution in [-0.2, 0) is 0 Å². The van der Waals surface area contributed by atoms with E-state index in [-0.39, 0.29) is 24.0 Å². The second kappa shape index (κ2) is 11.4. The molecule has 144 valence electrons. The van der Waals surface area contributed by atoms with Crippen LogP contribution >= 0.6 is 24.0 Å². The molecule has 0 aromatic heterocycles. The van der Waals surface area contributed by atoms with Gasteiger partial charge < -0.3 is 10.6 Å². The van der Waals surface area contributed by atoms with Gasteiger partial charge in [0.15, 0.2) is 5.96 Å². The largest absolute Gasteiger partial charge is 0.401 e. The highest BCUT2D eigenvalue weighted by atomic mass is 127. The predicted molar refractivity (Wildman–Crippen MR) is 104 cm³/mol. The Hall–Kier alpha value is -0.250. The third-order valence-corrected chi connectivity index (χ3v) is 4.54. The van der Waals surface area contributed by atoms with Crippen LogP contribution in [0.25, 0.3) is 0 Å². The van der Waals surface area contributed by atoms with Crippen molar-refractivity contribution < 1.29 is 13.2 Å². The highest BCUT2D eigenvalue weighted by molar-refractivity contribution is 14.0. The van der Waals surface area contributed by atoms with E-state index < -0.39 is 12.7 Å². The van der Waals surface area contributed by atoms with Crippen molar-refractivity contribution in [2.75, 3.05) is 39.8 Å². The van der Waals surface area contributed by atoms with Gasteiger partial charge in [0, 0.05) is 19.6 Å². The SMILES string of the molecule is CCNC(=NCC1(CC)CCC1)NCCCN(C)CC(F)(F)F.I. The fourth-order valence-corrected chi connectivity index (χ4v) is 2.83. The number of hydrogen-bond acceptors (Lipinski definition) is 2. The summed E-state index contributed by atoms with van der Waals surface area (Å²) < 4.78 is 36.7. The number of alkyl halides is 3. The molecule has 0 unspecified atom stereocenters. The molecule has 0 aliphatic heterocycles. The Bertz CT molecular complexity index is 365. The van der Waals surface area contributed by atoms with Gasteiger partial charge in [-0.3, -0.25) is 9.89 Å². The molecule has 0 bridgehead atoms. The number of nitrogens with one attached hydrogen (secondary N) is 2. The molecule has 0 aromatic rings. The molecule has 8 heteroatoms. The summed E-state index contributed by atoms with van der Waals surface area (Å²) in [6, 6.07) is 0. The van der Waals surface area contributed by atoms with Gasteiger partial charge >= 0.3 is 6.18 Å². The second-order valence-electron chi connectivity index (χ2n) is 6.54. The van der Waals surface area contributed by atoms with Crippen LogP contribution in [0.1, 0.15) is 46.0 Å². The van der Waals surface area contributed by atoms with Crippen molar-refractivity contribution in [1.29, 1.82) is 0 Å². The third-order valence-electron chi connectivity index (χ3n) is 4.54. The van der Waals surface area contributed by atoms with Crippen molar-refractivity contribution in [2.24, 2.45) is 10.4 Å². The molecular formula is C16H32F3IN4. The van der Waals surface area contributed by atoms with Crippen LogP contribution in [0.15, 0.2) is 4.99 Å². The number of hydrogen-bond donors (Lipinski definition) is 2. The smallest absolute Gasteiger partial charge is 0.357 e. The van der Waals surface area contributed by atoms with Crippen LogP contribution < -0.4 is 10.6 Å². The van der Waals surface area contributed by atoms with E-state index in [1.165, 1.54) is 31.2 Å². The van der Waals surface area contributed by atoms with Crippen LogP contribution in [0, 0.1) is 5.41 Å².